The predicted molar refractivity (Wildman–Crippen MR) is 76.7 cm³/mol. The maximum atomic E-state index is 5.44. The van der Waals surface area contributed by atoms with E-state index in [1.165, 1.54) is 25.7 Å². The minimum atomic E-state index is 0.327. The lowest BCUT2D eigenvalue weighted by Gasteiger charge is -2.00. The molecule has 6 N–H and O–H groups in total. The van der Waals surface area contributed by atoms with Crippen LogP contribution in [0.4, 0.5) is 11.9 Å². The minimum absolute atomic E-state index is 0.327. The third-order valence-corrected chi connectivity index (χ3v) is 3.18. The molecule has 0 unspecified atom stereocenters. The zero-order chi connectivity index (χ0) is 14.2. The van der Waals surface area contributed by atoms with Gasteiger partial charge in [-0.1, -0.05) is 25.7 Å². The van der Waals surface area contributed by atoms with E-state index in [0.717, 1.165) is 37.3 Å². The van der Waals surface area contributed by atoms with Crippen LogP contribution in [0, 0.1) is 0 Å². The zero-order valence-electron chi connectivity index (χ0n) is 11.6. The summed E-state index contributed by atoms with van der Waals surface area (Å²) in [6, 6.07) is 0. The molecule has 8 heteroatoms. The fraction of sp³-hybridized carbons (Fsp3) is 0.667. The lowest BCUT2D eigenvalue weighted by molar-refractivity contribution is 0.584. The van der Waals surface area contributed by atoms with Crippen molar-refractivity contribution in [3.8, 4) is 0 Å². The van der Waals surface area contributed by atoms with E-state index in [4.69, 9.17) is 11.5 Å². The van der Waals surface area contributed by atoms with Crippen LogP contribution >= 0.6 is 0 Å². The molecule has 2 aromatic rings. The molecule has 0 aliphatic carbocycles. The van der Waals surface area contributed by atoms with Crippen LogP contribution in [-0.2, 0) is 12.8 Å². The fourth-order valence-electron chi connectivity index (χ4n) is 2.14. The highest BCUT2D eigenvalue weighted by atomic mass is 15.3. The van der Waals surface area contributed by atoms with Crippen LogP contribution in [0.25, 0.3) is 0 Å². The van der Waals surface area contributed by atoms with Crippen LogP contribution in [0.1, 0.15) is 50.2 Å². The van der Waals surface area contributed by atoms with E-state index in [1.54, 1.807) is 0 Å². The molecule has 0 atom stereocenters. The molecule has 0 saturated heterocycles. The van der Waals surface area contributed by atoms with E-state index >= 15 is 0 Å². The van der Waals surface area contributed by atoms with Crippen LogP contribution in [0.3, 0.4) is 0 Å². The van der Waals surface area contributed by atoms with E-state index in [0.29, 0.717) is 11.9 Å². The van der Waals surface area contributed by atoms with Crippen molar-refractivity contribution in [3.63, 3.8) is 0 Å². The minimum Gasteiger partial charge on any atom is -0.367 e. The van der Waals surface area contributed by atoms with E-state index in [2.05, 4.69) is 30.4 Å². The summed E-state index contributed by atoms with van der Waals surface area (Å²) in [5.74, 6) is 2.41. The van der Waals surface area contributed by atoms with Crippen molar-refractivity contribution >= 4 is 11.9 Å². The van der Waals surface area contributed by atoms with Gasteiger partial charge in [-0.05, 0) is 12.8 Å². The Morgan fingerprint density at radius 2 is 1.05 bits per heavy atom. The van der Waals surface area contributed by atoms with Gasteiger partial charge in [-0.25, -0.2) is 0 Å². The van der Waals surface area contributed by atoms with Gasteiger partial charge >= 0.3 is 0 Å². The Bertz CT molecular complexity index is 457. The zero-order valence-corrected chi connectivity index (χ0v) is 11.6. The first-order chi connectivity index (χ1) is 9.74. The van der Waals surface area contributed by atoms with Gasteiger partial charge in [0.2, 0.25) is 11.9 Å². The van der Waals surface area contributed by atoms with Crippen molar-refractivity contribution in [1.29, 1.82) is 0 Å². The van der Waals surface area contributed by atoms with Gasteiger partial charge in [0.1, 0.15) is 11.6 Å². The summed E-state index contributed by atoms with van der Waals surface area (Å²) in [5.41, 5.74) is 10.9. The molecule has 8 nitrogen and oxygen atoms in total. The van der Waals surface area contributed by atoms with Crippen molar-refractivity contribution in [3.05, 3.63) is 11.6 Å². The fourth-order valence-corrected chi connectivity index (χ4v) is 2.14. The molecular weight excluding hydrogens is 256 g/mol. The molecular formula is C12H22N8. The number of hydrogen-bond donors (Lipinski definition) is 4. The molecule has 20 heavy (non-hydrogen) atoms. The molecule has 0 spiro atoms. The summed E-state index contributed by atoms with van der Waals surface area (Å²) in [4.78, 5) is 8.16. The summed E-state index contributed by atoms with van der Waals surface area (Å²) in [6.45, 7) is 0. The van der Waals surface area contributed by atoms with Gasteiger partial charge in [0.05, 0.1) is 0 Å². The predicted octanol–water partition coefficient (Wildman–Crippen LogP) is 1.21. The number of aromatic amines is 2. The molecule has 0 bridgehead atoms. The van der Waals surface area contributed by atoms with Crippen LogP contribution in [0.2, 0.25) is 0 Å². The third kappa shape index (κ3) is 4.87. The Labute approximate surface area is 117 Å². The van der Waals surface area contributed by atoms with Gasteiger partial charge in [0.25, 0.3) is 0 Å². The Balaban J connectivity index is 1.44. The molecule has 0 amide bonds. The average Bonchev–Trinajstić information content (AvgIpc) is 3.02. The number of nitrogens with zero attached hydrogens (tertiary/aromatic N) is 4. The highest BCUT2D eigenvalue weighted by molar-refractivity contribution is 5.12. The van der Waals surface area contributed by atoms with Gasteiger partial charge in [-0.15, -0.1) is 10.2 Å². The van der Waals surface area contributed by atoms with E-state index in [1.807, 2.05) is 0 Å². The second-order valence-electron chi connectivity index (χ2n) is 4.90. The second kappa shape index (κ2) is 7.46. The number of nitrogens with one attached hydrogen (secondary N) is 2. The number of unbranched alkanes of at least 4 members (excludes halogenated alkanes) is 5. The van der Waals surface area contributed by atoms with Crippen molar-refractivity contribution in [2.45, 2.75) is 51.4 Å². The molecule has 2 heterocycles. The maximum absolute atomic E-state index is 5.44. The highest BCUT2D eigenvalue weighted by Crippen LogP contribution is 2.09. The maximum Gasteiger partial charge on any atom is 0.239 e. The van der Waals surface area contributed by atoms with Crippen LogP contribution in [0.5, 0.6) is 0 Å². The Hall–Kier alpha value is -2.12. The SMILES string of the molecule is Nc1n[nH]c(CCCCCCCCc2nc(N)n[nH]2)n1. The summed E-state index contributed by atoms with van der Waals surface area (Å²) < 4.78 is 0. The largest absolute Gasteiger partial charge is 0.367 e. The smallest absolute Gasteiger partial charge is 0.239 e. The summed E-state index contributed by atoms with van der Waals surface area (Å²) in [5, 5.41) is 13.3. The number of aryl methyl sites for hydroxylation is 2. The van der Waals surface area contributed by atoms with Crippen molar-refractivity contribution in [1.82, 2.24) is 30.4 Å². The van der Waals surface area contributed by atoms with Crippen LogP contribution in [0.15, 0.2) is 0 Å². The van der Waals surface area contributed by atoms with Gasteiger partial charge < -0.3 is 11.5 Å². The number of H-pyrrole nitrogens is 2. The molecule has 2 aromatic heterocycles. The second-order valence-corrected chi connectivity index (χ2v) is 4.90. The number of nitrogens with two attached hydrogens (primary N) is 2. The van der Waals surface area contributed by atoms with Crippen LogP contribution < -0.4 is 11.5 Å². The number of hydrogen-bond acceptors (Lipinski definition) is 6. The number of rotatable bonds is 9. The first kappa shape index (κ1) is 14.3. The summed E-state index contributed by atoms with van der Waals surface area (Å²) in [6.07, 6.45) is 8.96. The van der Waals surface area contributed by atoms with Gasteiger partial charge in [-0.3, -0.25) is 10.2 Å². The molecule has 0 fully saturated rings. The molecule has 2 rings (SSSR count). The normalized spacial score (nSPS) is 11.0. The highest BCUT2D eigenvalue weighted by Gasteiger charge is 2.00. The molecule has 0 aliphatic heterocycles. The summed E-state index contributed by atoms with van der Waals surface area (Å²) >= 11 is 0. The van der Waals surface area contributed by atoms with Crippen LogP contribution in [-0.4, -0.2) is 30.4 Å². The molecule has 0 radical (unpaired) electrons. The number of aromatic nitrogens is 6. The number of nitrogen functional groups attached to an aromatic ring is 2. The topological polar surface area (TPSA) is 135 Å². The molecule has 110 valence electrons. The Kier molecular flexibility index (Phi) is 5.33. The van der Waals surface area contributed by atoms with Gasteiger partial charge in [0.15, 0.2) is 0 Å². The quantitative estimate of drug-likeness (QED) is 0.509. The molecule has 0 aromatic carbocycles. The molecule has 0 aliphatic rings. The van der Waals surface area contributed by atoms with E-state index in [-0.39, 0.29) is 0 Å². The van der Waals surface area contributed by atoms with Crippen molar-refractivity contribution in [2.24, 2.45) is 0 Å². The van der Waals surface area contributed by atoms with Gasteiger partial charge in [0, 0.05) is 12.8 Å². The standard InChI is InChI=1S/C12H22N8/c13-11-15-9(17-19-11)7-5-3-1-2-4-6-8-10-16-12(14)20-18-10/h1-8H2,(H3,13,15,17,19)(H3,14,16,18,20). The Morgan fingerprint density at radius 3 is 1.40 bits per heavy atom. The third-order valence-electron chi connectivity index (χ3n) is 3.18. The van der Waals surface area contributed by atoms with Crippen molar-refractivity contribution < 1.29 is 0 Å². The lowest BCUT2D eigenvalue weighted by atomic mass is 10.1. The summed E-state index contributed by atoms with van der Waals surface area (Å²) in [7, 11) is 0. The monoisotopic (exact) mass is 278 g/mol. The first-order valence-corrected chi connectivity index (χ1v) is 7.07. The van der Waals surface area contributed by atoms with E-state index in [9.17, 15) is 0 Å². The first-order valence-electron chi connectivity index (χ1n) is 7.07. The Morgan fingerprint density at radius 1 is 0.650 bits per heavy atom. The lowest BCUT2D eigenvalue weighted by Crippen LogP contribution is -1.91. The number of anilines is 2. The van der Waals surface area contributed by atoms with Gasteiger partial charge in [-0.2, -0.15) is 9.97 Å². The van der Waals surface area contributed by atoms with E-state index < -0.39 is 0 Å². The molecule has 0 saturated carbocycles. The van der Waals surface area contributed by atoms with Crippen molar-refractivity contribution in [2.75, 3.05) is 11.5 Å². The average molecular weight is 278 g/mol.